The van der Waals surface area contributed by atoms with Gasteiger partial charge in [0.25, 0.3) is 0 Å². The lowest BCUT2D eigenvalue weighted by Gasteiger charge is -2.09. The van der Waals surface area contributed by atoms with Crippen molar-refractivity contribution in [3.63, 3.8) is 0 Å². The summed E-state index contributed by atoms with van der Waals surface area (Å²) < 4.78 is 28.2. The van der Waals surface area contributed by atoms with Gasteiger partial charge in [0.05, 0.1) is 0 Å². The predicted octanol–water partition coefficient (Wildman–Crippen LogP) is 2.31. The van der Waals surface area contributed by atoms with E-state index in [2.05, 4.69) is 4.74 Å². The number of carboxylic acids is 1. The summed E-state index contributed by atoms with van der Waals surface area (Å²) in [7, 11) is 0. The van der Waals surface area contributed by atoms with Crippen LogP contribution in [-0.4, -0.2) is 17.7 Å². The number of benzene rings is 1. The van der Waals surface area contributed by atoms with Crippen LogP contribution in [0.25, 0.3) is 0 Å². The molecular weight excluding hydrogens is 206 g/mol. The Morgan fingerprint density at radius 1 is 1.40 bits per heavy atom. The molecular formula is C10H10F2O3. The van der Waals surface area contributed by atoms with Crippen LogP contribution in [0.15, 0.2) is 24.3 Å². The molecule has 3 nitrogen and oxygen atoms in total. The van der Waals surface area contributed by atoms with Crippen molar-refractivity contribution in [2.24, 2.45) is 0 Å². The number of aliphatic carboxylic acids is 1. The van der Waals surface area contributed by atoms with Crippen molar-refractivity contribution in [1.29, 1.82) is 0 Å². The third-order valence-electron chi connectivity index (χ3n) is 1.80. The van der Waals surface area contributed by atoms with Crippen LogP contribution in [0.4, 0.5) is 8.78 Å². The zero-order chi connectivity index (χ0) is 11.3. The number of ether oxygens (including phenoxy) is 1. The normalized spacial score (nSPS) is 10.3. The molecule has 1 aromatic rings. The number of halogens is 2. The van der Waals surface area contributed by atoms with Gasteiger partial charge < -0.3 is 9.84 Å². The third kappa shape index (κ3) is 3.93. The molecule has 0 spiro atoms. The number of para-hydroxylation sites is 1. The molecule has 0 aliphatic heterocycles. The zero-order valence-electron chi connectivity index (χ0n) is 7.82. The molecule has 1 N–H and O–H groups in total. The Morgan fingerprint density at radius 2 is 2.07 bits per heavy atom. The van der Waals surface area contributed by atoms with Crippen molar-refractivity contribution in [3.05, 3.63) is 29.8 Å². The number of alkyl halides is 2. The van der Waals surface area contributed by atoms with Crippen LogP contribution in [-0.2, 0) is 11.2 Å². The van der Waals surface area contributed by atoms with Crippen molar-refractivity contribution in [1.82, 2.24) is 0 Å². The van der Waals surface area contributed by atoms with Crippen LogP contribution in [0.5, 0.6) is 5.75 Å². The van der Waals surface area contributed by atoms with Gasteiger partial charge in [0.1, 0.15) is 5.75 Å². The van der Waals surface area contributed by atoms with Gasteiger partial charge in [-0.2, -0.15) is 8.78 Å². The summed E-state index contributed by atoms with van der Waals surface area (Å²) in [5.74, 6) is -0.935. The van der Waals surface area contributed by atoms with Gasteiger partial charge in [-0.05, 0) is 18.1 Å². The highest BCUT2D eigenvalue weighted by Crippen LogP contribution is 2.21. The SMILES string of the molecule is O=C(O)CCc1ccccc1OC(F)F. The number of aryl methyl sites for hydroxylation is 1. The second-order valence-corrected chi connectivity index (χ2v) is 2.88. The molecule has 0 aliphatic carbocycles. The second-order valence-electron chi connectivity index (χ2n) is 2.88. The molecule has 0 amide bonds. The molecule has 15 heavy (non-hydrogen) atoms. The summed E-state index contributed by atoms with van der Waals surface area (Å²) in [4.78, 5) is 10.3. The molecule has 5 heteroatoms. The molecule has 0 saturated carbocycles. The van der Waals surface area contributed by atoms with Crippen molar-refractivity contribution in [2.75, 3.05) is 0 Å². The highest BCUT2D eigenvalue weighted by Gasteiger charge is 2.09. The van der Waals surface area contributed by atoms with Crippen LogP contribution >= 0.6 is 0 Å². The monoisotopic (exact) mass is 216 g/mol. The van der Waals surface area contributed by atoms with E-state index >= 15 is 0 Å². The van der Waals surface area contributed by atoms with E-state index in [9.17, 15) is 13.6 Å². The molecule has 1 aromatic carbocycles. The average Bonchev–Trinajstić information content (AvgIpc) is 2.15. The van der Waals surface area contributed by atoms with Crippen molar-refractivity contribution >= 4 is 5.97 Å². The minimum atomic E-state index is -2.89. The molecule has 0 fully saturated rings. The van der Waals surface area contributed by atoms with E-state index in [1.165, 1.54) is 6.07 Å². The Hall–Kier alpha value is -1.65. The summed E-state index contributed by atoms with van der Waals surface area (Å²) in [6.07, 6.45) is 0.0713. The molecule has 0 atom stereocenters. The maximum atomic E-state index is 12.0. The van der Waals surface area contributed by atoms with Crippen LogP contribution in [0.3, 0.4) is 0 Å². The number of hydrogen-bond acceptors (Lipinski definition) is 2. The minimum Gasteiger partial charge on any atom is -0.481 e. The van der Waals surface area contributed by atoms with Crippen molar-refractivity contribution in [2.45, 2.75) is 19.5 Å². The molecule has 0 heterocycles. The van der Waals surface area contributed by atoms with E-state index in [1.807, 2.05) is 0 Å². The summed E-state index contributed by atoms with van der Waals surface area (Å²) in [5, 5.41) is 8.46. The summed E-state index contributed by atoms with van der Waals surface area (Å²) in [6, 6.07) is 6.17. The largest absolute Gasteiger partial charge is 0.481 e. The maximum Gasteiger partial charge on any atom is 0.387 e. The topological polar surface area (TPSA) is 46.5 Å². The van der Waals surface area contributed by atoms with Gasteiger partial charge in [0.15, 0.2) is 0 Å². The molecule has 0 unspecified atom stereocenters. The molecule has 0 aromatic heterocycles. The second kappa shape index (κ2) is 5.29. The molecule has 0 bridgehead atoms. The van der Waals surface area contributed by atoms with E-state index in [4.69, 9.17) is 5.11 Å². The lowest BCUT2D eigenvalue weighted by atomic mass is 10.1. The third-order valence-corrected chi connectivity index (χ3v) is 1.80. The zero-order valence-corrected chi connectivity index (χ0v) is 7.82. The summed E-state index contributed by atoms with van der Waals surface area (Å²) in [6.45, 7) is -2.89. The highest BCUT2D eigenvalue weighted by atomic mass is 19.3. The van der Waals surface area contributed by atoms with E-state index in [0.717, 1.165) is 0 Å². The van der Waals surface area contributed by atoms with E-state index < -0.39 is 12.6 Å². The smallest absolute Gasteiger partial charge is 0.387 e. The Morgan fingerprint density at radius 3 is 2.67 bits per heavy atom. The molecule has 0 saturated heterocycles. The van der Waals surface area contributed by atoms with Crippen LogP contribution in [0.1, 0.15) is 12.0 Å². The van der Waals surface area contributed by atoms with Gasteiger partial charge in [-0.1, -0.05) is 18.2 Å². The van der Waals surface area contributed by atoms with Gasteiger partial charge in [0, 0.05) is 6.42 Å². The van der Waals surface area contributed by atoms with Gasteiger partial charge in [0.2, 0.25) is 0 Å². The van der Waals surface area contributed by atoms with Crippen LogP contribution < -0.4 is 4.74 Å². The first-order valence-electron chi connectivity index (χ1n) is 4.34. The first-order valence-corrected chi connectivity index (χ1v) is 4.34. The van der Waals surface area contributed by atoms with E-state index in [-0.39, 0.29) is 18.6 Å². The van der Waals surface area contributed by atoms with Gasteiger partial charge in [-0.25, -0.2) is 0 Å². The van der Waals surface area contributed by atoms with Gasteiger partial charge in [-0.3, -0.25) is 4.79 Å². The molecule has 0 aliphatic rings. The number of carbonyl (C=O) groups is 1. The molecule has 0 radical (unpaired) electrons. The van der Waals surface area contributed by atoms with Crippen molar-refractivity contribution < 1.29 is 23.4 Å². The van der Waals surface area contributed by atoms with Gasteiger partial charge in [-0.15, -0.1) is 0 Å². The maximum absolute atomic E-state index is 12.0. The quantitative estimate of drug-likeness (QED) is 0.821. The summed E-state index contributed by atoms with van der Waals surface area (Å²) in [5.41, 5.74) is 0.472. The molecule has 1 rings (SSSR count). The first kappa shape index (κ1) is 11.4. The van der Waals surface area contributed by atoms with E-state index in [0.29, 0.717) is 5.56 Å². The Kier molecular flexibility index (Phi) is 4.03. The average molecular weight is 216 g/mol. The highest BCUT2D eigenvalue weighted by molar-refractivity contribution is 5.67. The van der Waals surface area contributed by atoms with Crippen LogP contribution in [0, 0.1) is 0 Å². The van der Waals surface area contributed by atoms with E-state index in [1.54, 1.807) is 18.2 Å². The molecule has 82 valence electrons. The Bertz CT molecular complexity index is 339. The Labute approximate surface area is 85.3 Å². The standard InChI is InChI=1S/C10H10F2O3/c11-10(12)15-8-4-2-1-3-7(8)5-6-9(13)14/h1-4,10H,5-6H2,(H,13,14). The lowest BCUT2D eigenvalue weighted by Crippen LogP contribution is -2.05. The van der Waals surface area contributed by atoms with Gasteiger partial charge >= 0.3 is 12.6 Å². The van der Waals surface area contributed by atoms with Crippen LogP contribution in [0.2, 0.25) is 0 Å². The lowest BCUT2D eigenvalue weighted by molar-refractivity contribution is -0.136. The fraction of sp³-hybridized carbons (Fsp3) is 0.300. The van der Waals surface area contributed by atoms with Crippen molar-refractivity contribution in [3.8, 4) is 5.75 Å². The first-order chi connectivity index (χ1) is 7.09. The fourth-order valence-electron chi connectivity index (χ4n) is 1.16. The predicted molar refractivity (Wildman–Crippen MR) is 49.0 cm³/mol. The Balaban J connectivity index is 2.72. The number of rotatable bonds is 5. The summed E-state index contributed by atoms with van der Waals surface area (Å²) >= 11 is 0. The number of hydrogen-bond donors (Lipinski definition) is 1. The minimum absolute atomic E-state index is 0.0359. The number of carboxylic acid groups (broad SMARTS) is 1. The fourth-order valence-corrected chi connectivity index (χ4v) is 1.16.